The lowest BCUT2D eigenvalue weighted by molar-refractivity contribution is 0.240. The molecule has 0 aliphatic carbocycles. The summed E-state index contributed by atoms with van der Waals surface area (Å²) in [6, 6.07) is 7.92. The highest BCUT2D eigenvalue weighted by Gasteiger charge is 2.11. The maximum Gasteiger partial charge on any atom is 0.332 e. The zero-order chi connectivity index (χ0) is 22.0. The van der Waals surface area contributed by atoms with E-state index in [0.29, 0.717) is 35.8 Å². The predicted octanol–water partition coefficient (Wildman–Crippen LogP) is 4.08. The van der Waals surface area contributed by atoms with Crippen molar-refractivity contribution in [3.63, 3.8) is 0 Å². The number of carbonyl (C=O) groups excluding carboxylic acids is 1. The first-order chi connectivity index (χ1) is 14.9. The lowest BCUT2D eigenvalue weighted by Crippen LogP contribution is -2.27. The van der Waals surface area contributed by atoms with Gasteiger partial charge >= 0.3 is 6.03 Å². The van der Waals surface area contributed by atoms with Crippen molar-refractivity contribution in [2.45, 2.75) is 20.4 Å². The number of pyridine rings is 1. The second-order valence-corrected chi connectivity index (χ2v) is 7.49. The van der Waals surface area contributed by atoms with E-state index in [1.165, 1.54) is 16.4 Å². The Morgan fingerprint density at radius 1 is 1.23 bits per heavy atom. The van der Waals surface area contributed by atoms with Gasteiger partial charge < -0.3 is 0 Å². The lowest BCUT2D eigenvalue weighted by atomic mass is 10.1. The van der Waals surface area contributed by atoms with E-state index < -0.39 is 0 Å². The first-order valence-corrected chi connectivity index (χ1v) is 10.0. The fourth-order valence-corrected chi connectivity index (χ4v) is 3.15. The minimum Gasteiger partial charge on any atom is -0.291 e. The van der Waals surface area contributed by atoms with E-state index in [2.05, 4.69) is 38.2 Å². The number of urea groups is 1. The molecule has 0 aliphatic rings. The Morgan fingerprint density at radius 2 is 2.06 bits per heavy atom. The molecule has 158 valence electrons. The smallest absolute Gasteiger partial charge is 0.291 e. The molecule has 0 atom stereocenters. The molecule has 8 nitrogen and oxygen atoms in total. The van der Waals surface area contributed by atoms with Gasteiger partial charge in [0.05, 0.1) is 24.6 Å². The van der Waals surface area contributed by atoms with Gasteiger partial charge in [0.25, 0.3) is 0 Å². The van der Waals surface area contributed by atoms with Gasteiger partial charge in [-0.1, -0.05) is 18.9 Å². The molecule has 0 radical (unpaired) electrons. The molecule has 0 fully saturated rings. The summed E-state index contributed by atoms with van der Waals surface area (Å²) in [4.78, 5) is 25.3. The first kappa shape index (κ1) is 20.7. The summed E-state index contributed by atoms with van der Waals surface area (Å²) in [6.07, 6.45) is 5.14. The molecule has 1 aromatic carbocycles. The maximum atomic E-state index is 13.6. The largest absolute Gasteiger partial charge is 0.332 e. The fourth-order valence-electron chi connectivity index (χ4n) is 3.10. The third-order valence-corrected chi connectivity index (χ3v) is 5.02. The van der Waals surface area contributed by atoms with Gasteiger partial charge in [-0.15, -0.1) is 0 Å². The van der Waals surface area contributed by atoms with Crippen molar-refractivity contribution in [2.75, 3.05) is 11.9 Å². The van der Waals surface area contributed by atoms with E-state index in [0.717, 1.165) is 16.7 Å². The third kappa shape index (κ3) is 4.80. The molecular formula is C21H20FN7OS. The second-order valence-electron chi connectivity index (χ2n) is 7.00. The molecule has 0 saturated heterocycles. The number of rotatable bonds is 5. The van der Waals surface area contributed by atoms with Crippen LogP contribution in [0.15, 0.2) is 48.9 Å². The lowest BCUT2D eigenvalue weighted by Gasteiger charge is -2.13. The highest BCUT2D eigenvalue weighted by Crippen LogP contribution is 2.20. The van der Waals surface area contributed by atoms with Crippen LogP contribution in [0, 0.1) is 12.7 Å². The summed E-state index contributed by atoms with van der Waals surface area (Å²) < 4.78 is 16.6. The van der Waals surface area contributed by atoms with Gasteiger partial charge in [0.2, 0.25) is 0 Å². The molecule has 0 spiro atoms. The first-order valence-electron chi connectivity index (χ1n) is 9.61. The highest BCUT2D eigenvalue weighted by atomic mass is 32.1. The van der Waals surface area contributed by atoms with Crippen LogP contribution >= 0.6 is 12.8 Å². The van der Waals surface area contributed by atoms with Crippen LogP contribution in [0.3, 0.4) is 0 Å². The molecular weight excluding hydrogens is 417 g/mol. The maximum absolute atomic E-state index is 13.6. The average Bonchev–Trinajstić information content (AvgIpc) is 3.20. The van der Waals surface area contributed by atoms with Gasteiger partial charge in [-0.05, 0) is 49.2 Å². The number of carbonyl (C=O) groups is 1. The molecule has 2 amide bonds. The van der Waals surface area contributed by atoms with Crippen LogP contribution in [-0.4, -0.2) is 41.6 Å². The molecule has 3 aromatic heterocycles. The Balaban J connectivity index is 1.57. The predicted molar refractivity (Wildman–Crippen MR) is 119 cm³/mol. The topological polar surface area (TPSA) is 88.8 Å². The summed E-state index contributed by atoms with van der Waals surface area (Å²) in [5.41, 5.74) is 4.02. The molecule has 31 heavy (non-hydrogen) atoms. The van der Waals surface area contributed by atoms with Crippen molar-refractivity contribution in [3.05, 3.63) is 65.9 Å². The quantitative estimate of drug-likeness (QED) is 0.459. The number of benzene rings is 1. The zero-order valence-electron chi connectivity index (χ0n) is 16.9. The van der Waals surface area contributed by atoms with Crippen molar-refractivity contribution in [1.29, 1.82) is 0 Å². The number of anilines is 1. The van der Waals surface area contributed by atoms with Crippen molar-refractivity contribution < 1.29 is 9.18 Å². The Bertz CT molecular complexity index is 1240. The van der Waals surface area contributed by atoms with Crippen LogP contribution in [0.1, 0.15) is 18.1 Å². The third-order valence-electron chi connectivity index (χ3n) is 4.55. The monoisotopic (exact) mass is 437 g/mol. The van der Waals surface area contributed by atoms with Crippen molar-refractivity contribution in [3.8, 4) is 11.3 Å². The standard InChI is InChI=1S/C21H20FN7OS/c1-3-29(31)21(30)27-19-5-4-17-20(26-19)25-18(10-23-17)15-9-24-28(12-15)11-14-6-13(2)7-16(22)8-14/h4-10,12,31H,3,11H2,1-2H3,(H,25,26,27,30). The van der Waals surface area contributed by atoms with Crippen LogP contribution in [0.2, 0.25) is 0 Å². The molecule has 3 heterocycles. The number of hydrogen-bond donors (Lipinski definition) is 2. The van der Waals surface area contributed by atoms with Gasteiger partial charge in [-0.2, -0.15) is 5.10 Å². The highest BCUT2D eigenvalue weighted by molar-refractivity contribution is 7.78. The molecule has 0 aliphatic heterocycles. The van der Waals surface area contributed by atoms with Crippen molar-refractivity contribution in [2.24, 2.45) is 0 Å². The van der Waals surface area contributed by atoms with Gasteiger partial charge in [-0.3, -0.25) is 19.3 Å². The Hall–Kier alpha value is -3.53. The summed E-state index contributed by atoms with van der Waals surface area (Å²) in [7, 11) is 0. The Kier molecular flexibility index (Phi) is 5.81. The van der Waals surface area contributed by atoms with Crippen LogP contribution in [0.25, 0.3) is 22.4 Å². The number of hydrogen-bond acceptors (Lipinski definition) is 6. The van der Waals surface area contributed by atoms with Gasteiger partial charge in [0.1, 0.15) is 17.2 Å². The summed E-state index contributed by atoms with van der Waals surface area (Å²) in [5, 5.41) is 7.02. The Morgan fingerprint density at radius 3 is 2.84 bits per heavy atom. The van der Waals surface area contributed by atoms with Crippen LogP contribution < -0.4 is 5.32 Å². The van der Waals surface area contributed by atoms with Crippen molar-refractivity contribution >= 4 is 35.8 Å². The fraction of sp³-hybridized carbons (Fsp3) is 0.190. The van der Waals surface area contributed by atoms with E-state index in [1.54, 1.807) is 29.2 Å². The molecule has 10 heteroatoms. The van der Waals surface area contributed by atoms with E-state index >= 15 is 0 Å². The average molecular weight is 438 g/mol. The van der Waals surface area contributed by atoms with Crippen LogP contribution in [-0.2, 0) is 6.54 Å². The van der Waals surface area contributed by atoms with Crippen molar-refractivity contribution in [1.82, 2.24) is 29.0 Å². The van der Waals surface area contributed by atoms with Crippen LogP contribution in [0.5, 0.6) is 0 Å². The molecule has 4 aromatic rings. The number of nitrogens with zero attached hydrogens (tertiary/aromatic N) is 6. The van der Waals surface area contributed by atoms with E-state index in [-0.39, 0.29) is 11.8 Å². The number of nitrogens with one attached hydrogen (secondary N) is 1. The number of amides is 2. The number of halogens is 1. The normalized spacial score (nSPS) is 11.0. The summed E-state index contributed by atoms with van der Waals surface area (Å²) in [6.45, 7) is 4.55. The minimum atomic E-state index is -0.379. The Labute approximate surface area is 183 Å². The van der Waals surface area contributed by atoms with Gasteiger partial charge in [0, 0.05) is 18.3 Å². The zero-order valence-corrected chi connectivity index (χ0v) is 17.8. The number of thiol groups is 1. The van der Waals surface area contributed by atoms with Crippen LogP contribution in [0.4, 0.5) is 15.0 Å². The molecule has 1 N–H and O–H groups in total. The van der Waals surface area contributed by atoms with Gasteiger partial charge in [0.15, 0.2) is 5.65 Å². The number of fused-ring (bicyclic) bond motifs is 1. The van der Waals surface area contributed by atoms with Gasteiger partial charge in [-0.25, -0.2) is 19.2 Å². The molecule has 0 bridgehead atoms. The van der Waals surface area contributed by atoms with E-state index in [4.69, 9.17) is 0 Å². The summed E-state index contributed by atoms with van der Waals surface area (Å²) in [5.74, 6) is 0.0883. The number of aryl methyl sites for hydroxylation is 1. The minimum absolute atomic E-state index is 0.267. The van der Waals surface area contributed by atoms with E-state index in [9.17, 15) is 9.18 Å². The second kappa shape index (κ2) is 8.68. The summed E-state index contributed by atoms with van der Waals surface area (Å²) >= 11 is 4.08. The molecule has 0 saturated carbocycles. The molecule has 0 unspecified atom stereocenters. The van der Waals surface area contributed by atoms with E-state index in [1.807, 2.05) is 26.1 Å². The molecule has 4 rings (SSSR count). The number of aromatic nitrogens is 5. The SMILES string of the molecule is CCN(S)C(=O)Nc1ccc2ncc(-c3cnn(Cc4cc(C)cc(F)c4)c3)nc2n1.